The molecule has 1 aromatic rings. The molecule has 2 rings (SSSR count). The number of nitrogens with zero attached hydrogens (tertiary/aromatic N) is 2. The fraction of sp³-hybridized carbons (Fsp3) is 0.500. The molecular formula is C14H18N2O4. The third kappa shape index (κ3) is 3.69. The second kappa shape index (κ2) is 6.36. The lowest BCUT2D eigenvalue weighted by atomic mass is 9.92. The van der Waals surface area contributed by atoms with Crippen LogP contribution in [0.3, 0.4) is 0 Å². The average Bonchev–Trinajstić information content (AvgIpc) is 2.45. The van der Waals surface area contributed by atoms with E-state index in [9.17, 15) is 14.7 Å². The van der Waals surface area contributed by atoms with Gasteiger partial charge in [-0.1, -0.05) is 0 Å². The Labute approximate surface area is 117 Å². The van der Waals surface area contributed by atoms with Gasteiger partial charge in [0.05, 0.1) is 11.8 Å². The van der Waals surface area contributed by atoms with Crippen LogP contribution < -0.4 is 0 Å². The largest absolute Gasteiger partial charge is 0.506 e. The van der Waals surface area contributed by atoms with Crippen LogP contribution in [0.15, 0.2) is 18.5 Å². The van der Waals surface area contributed by atoms with Gasteiger partial charge in [0.1, 0.15) is 5.75 Å². The van der Waals surface area contributed by atoms with Crippen molar-refractivity contribution in [3.63, 3.8) is 0 Å². The number of carboxylic acids is 1. The first kappa shape index (κ1) is 14.3. The predicted molar refractivity (Wildman–Crippen MR) is 71.4 cm³/mol. The monoisotopic (exact) mass is 278 g/mol. The van der Waals surface area contributed by atoms with E-state index in [1.165, 1.54) is 18.5 Å². The van der Waals surface area contributed by atoms with Gasteiger partial charge in [-0.2, -0.15) is 0 Å². The molecule has 0 spiro atoms. The molecule has 20 heavy (non-hydrogen) atoms. The van der Waals surface area contributed by atoms with E-state index >= 15 is 0 Å². The quantitative estimate of drug-likeness (QED) is 0.871. The molecule has 1 fully saturated rings. The third-order valence-electron chi connectivity index (χ3n) is 3.64. The molecule has 0 atom stereocenters. The van der Waals surface area contributed by atoms with Crippen LogP contribution in [0.4, 0.5) is 0 Å². The van der Waals surface area contributed by atoms with Crippen molar-refractivity contribution in [3.05, 3.63) is 24.0 Å². The molecule has 0 bridgehead atoms. The summed E-state index contributed by atoms with van der Waals surface area (Å²) >= 11 is 0. The Kier molecular flexibility index (Phi) is 4.55. The summed E-state index contributed by atoms with van der Waals surface area (Å²) in [5, 5.41) is 18.0. The van der Waals surface area contributed by atoms with Crippen molar-refractivity contribution in [2.75, 3.05) is 13.1 Å². The smallest absolute Gasteiger partial charge is 0.303 e. The minimum absolute atomic E-state index is 0.0211. The fourth-order valence-electron chi connectivity index (χ4n) is 2.48. The van der Waals surface area contributed by atoms with Gasteiger partial charge in [-0.05, 0) is 31.2 Å². The standard InChI is InChI=1S/C14H18N2O4/c17-12-7-11(8-15-9-12)14(20)16-5-3-10(4-6-16)1-2-13(18)19/h7-10,17H,1-6H2,(H,18,19). The summed E-state index contributed by atoms with van der Waals surface area (Å²) in [5.41, 5.74) is 0.383. The first-order valence-electron chi connectivity index (χ1n) is 6.71. The first-order chi connectivity index (χ1) is 9.56. The van der Waals surface area contributed by atoms with Crippen LogP contribution in [0.5, 0.6) is 5.75 Å². The van der Waals surface area contributed by atoms with Crippen LogP contribution >= 0.6 is 0 Å². The zero-order chi connectivity index (χ0) is 14.5. The highest BCUT2D eigenvalue weighted by Crippen LogP contribution is 2.23. The Balaban J connectivity index is 1.87. The zero-order valence-electron chi connectivity index (χ0n) is 11.2. The molecule has 0 aliphatic carbocycles. The van der Waals surface area contributed by atoms with Crippen LogP contribution in [0.2, 0.25) is 0 Å². The average molecular weight is 278 g/mol. The lowest BCUT2D eigenvalue weighted by molar-refractivity contribution is -0.137. The molecule has 1 aliphatic rings. The van der Waals surface area contributed by atoms with Crippen LogP contribution in [-0.2, 0) is 4.79 Å². The van der Waals surface area contributed by atoms with Gasteiger partial charge in [-0.15, -0.1) is 0 Å². The Morgan fingerprint density at radius 1 is 1.30 bits per heavy atom. The molecule has 0 saturated carbocycles. The van der Waals surface area contributed by atoms with Crippen molar-refractivity contribution >= 4 is 11.9 Å². The van der Waals surface area contributed by atoms with Crippen molar-refractivity contribution in [1.29, 1.82) is 0 Å². The van der Waals surface area contributed by atoms with Crippen LogP contribution in [0, 0.1) is 5.92 Å². The molecule has 108 valence electrons. The number of carbonyl (C=O) groups is 2. The number of amides is 1. The van der Waals surface area contributed by atoms with Gasteiger partial charge in [0.15, 0.2) is 0 Å². The van der Waals surface area contributed by atoms with Crippen LogP contribution in [0.25, 0.3) is 0 Å². The summed E-state index contributed by atoms with van der Waals surface area (Å²) < 4.78 is 0. The van der Waals surface area contributed by atoms with E-state index in [-0.39, 0.29) is 18.1 Å². The minimum atomic E-state index is -0.769. The van der Waals surface area contributed by atoms with Gasteiger partial charge in [0.25, 0.3) is 5.91 Å². The van der Waals surface area contributed by atoms with Gasteiger partial charge in [-0.3, -0.25) is 14.6 Å². The second-order valence-electron chi connectivity index (χ2n) is 5.10. The SMILES string of the molecule is O=C(O)CCC1CCN(C(=O)c2cncc(O)c2)CC1. The van der Waals surface area contributed by atoms with Crippen LogP contribution in [-0.4, -0.2) is 45.1 Å². The van der Waals surface area contributed by atoms with E-state index in [1.54, 1.807) is 4.90 Å². The van der Waals surface area contributed by atoms with E-state index in [1.807, 2.05) is 0 Å². The fourth-order valence-corrected chi connectivity index (χ4v) is 2.48. The molecule has 0 radical (unpaired) electrons. The number of aromatic nitrogens is 1. The number of carboxylic acid groups (broad SMARTS) is 1. The Hall–Kier alpha value is -2.11. The third-order valence-corrected chi connectivity index (χ3v) is 3.64. The number of hydrogen-bond donors (Lipinski definition) is 2. The lowest BCUT2D eigenvalue weighted by Crippen LogP contribution is -2.38. The summed E-state index contributed by atoms with van der Waals surface area (Å²) in [6.45, 7) is 1.25. The Morgan fingerprint density at radius 2 is 2.00 bits per heavy atom. The molecule has 1 saturated heterocycles. The second-order valence-corrected chi connectivity index (χ2v) is 5.10. The van der Waals surface area contributed by atoms with E-state index in [0.29, 0.717) is 31.0 Å². The molecule has 0 unspecified atom stereocenters. The van der Waals surface area contributed by atoms with Crippen molar-refractivity contribution in [3.8, 4) is 5.75 Å². The van der Waals surface area contributed by atoms with Gasteiger partial charge < -0.3 is 15.1 Å². The summed E-state index contributed by atoms with van der Waals surface area (Å²) in [7, 11) is 0. The number of likely N-dealkylation sites (tertiary alicyclic amines) is 1. The lowest BCUT2D eigenvalue weighted by Gasteiger charge is -2.31. The highest BCUT2D eigenvalue weighted by atomic mass is 16.4. The van der Waals surface area contributed by atoms with Crippen molar-refractivity contribution in [2.24, 2.45) is 5.92 Å². The molecule has 1 amide bonds. The van der Waals surface area contributed by atoms with E-state index < -0.39 is 5.97 Å². The van der Waals surface area contributed by atoms with Crippen molar-refractivity contribution < 1.29 is 19.8 Å². The summed E-state index contributed by atoms with van der Waals surface area (Å²) in [4.78, 5) is 28.3. The number of hydrogen-bond acceptors (Lipinski definition) is 4. The van der Waals surface area contributed by atoms with Crippen LogP contribution in [0.1, 0.15) is 36.0 Å². The number of pyridine rings is 1. The summed E-state index contributed by atoms with van der Waals surface area (Å²) in [6, 6.07) is 1.41. The highest BCUT2D eigenvalue weighted by molar-refractivity contribution is 5.94. The zero-order valence-corrected chi connectivity index (χ0v) is 11.2. The van der Waals surface area contributed by atoms with Crippen molar-refractivity contribution in [2.45, 2.75) is 25.7 Å². The van der Waals surface area contributed by atoms with E-state index in [0.717, 1.165) is 12.8 Å². The normalized spacial score (nSPS) is 16.1. The number of piperidine rings is 1. The number of aliphatic carboxylic acids is 1. The first-order valence-corrected chi connectivity index (χ1v) is 6.71. The van der Waals surface area contributed by atoms with Gasteiger partial charge in [-0.25, -0.2) is 0 Å². The van der Waals surface area contributed by atoms with Crippen molar-refractivity contribution in [1.82, 2.24) is 9.88 Å². The Morgan fingerprint density at radius 3 is 2.60 bits per heavy atom. The maximum Gasteiger partial charge on any atom is 0.303 e. The summed E-state index contributed by atoms with van der Waals surface area (Å²) in [6.07, 6.45) is 5.24. The topological polar surface area (TPSA) is 90.7 Å². The van der Waals surface area contributed by atoms with E-state index in [4.69, 9.17) is 5.11 Å². The molecule has 1 aromatic heterocycles. The van der Waals surface area contributed by atoms with Gasteiger partial charge in [0.2, 0.25) is 0 Å². The maximum atomic E-state index is 12.2. The molecule has 0 aromatic carbocycles. The maximum absolute atomic E-state index is 12.2. The summed E-state index contributed by atoms with van der Waals surface area (Å²) in [5.74, 6) is -0.552. The van der Waals surface area contributed by atoms with E-state index in [2.05, 4.69) is 4.98 Å². The molecule has 6 heteroatoms. The Bertz CT molecular complexity index is 496. The molecule has 2 N–H and O–H groups in total. The number of aromatic hydroxyl groups is 1. The molecule has 1 aliphatic heterocycles. The predicted octanol–water partition coefficient (Wildman–Crippen LogP) is 1.50. The number of rotatable bonds is 4. The molecule has 6 nitrogen and oxygen atoms in total. The van der Waals surface area contributed by atoms with Gasteiger partial charge >= 0.3 is 5.97 Å². The molecule has 2 heterocycles. The minimum Gasteiger partial charge on any atom is -0.506 e. The highest BCUT2D eigenvalue weighted by Gasteiger charge is 2.24. The van der Waals surface area contributed by atoms with Gasteiger partial charge in [0, 0.05) is 25.7 Å². The molecular weight excluding hydrogens is 260 g/mol. The number of carbonyl (C=O) groups excluding carboxylic acids is 1.